The molecule has 7 nitrogen and oxygen atoms in total. The highest BCUT2D eigenvalue weighted by molar-refractivity contribution is 7.99. The van der Waals surface area contributed by atoms with E-state index in [1.807, 2.05) is 0 Å². The van der Waals surface area contributed by atoms with Gasteiger partial charge in [0.05, 0.1) is 11.9 Å². The van der Waals surface area contributed by atoms with E-state index in [4.69, 9.17) is 10.6 Å². The molecule has 0 radical (unpaired) electrons. The normalized spacial score (nSPS) is 11.1. The summed E-state index contributed by atoms with van der Waals surface area (Å²) in [5.41, 5.74) is 0.572. The average molecular weight is 358 g/mol. The second-order valence-corrected chi connectivity index (χ2v) is 5.85. The summed E-state index contributed by atoms with van der Waals surface area (Å²) in [5.74, 6) is 5.94. The maximum Gasteiger partial charge on any atom is 0.387 e. The molecule has 1 aromatic heterocycles. The number of carbonyl (C=O) groups excluding carboxylic acids is 1. The summed E-state index contributed by atoms with van der Waals surface area (Å²) >= 11 is 1.09. The molecule has 0 unspecified atom stereocenters. The highest BCUT2D eigenvalue weighted by Crippen LogP contribution is 2.24. The third-order valence-corrected chi connectivity index (χ3v) is 3.61. The second-order valence-electron chi connectivity index (χ2n) is 4.91. The summed E-state index contributed by atoms with van der Waals surface area (Å²) in [6.07, 6.45) is -0.196. The number of alkyl halides is 2. The van der Waals surface area contributed by atoms with Crippen molar-refractivity contribution in [2.45, 2.75) is 31.7 Å². The van der Waals surface area contributed by atoms with Gasteiger partial charge in [0.1, 0.15) is 5.75 Å². The number of thioether (sulfide) groups is 1. The summed E-state index contributed by atoms with van der Waals surface area (Å²) < 4.78 is 34.8. The smallest absolute Gasteiger partial charge is 0.387 e. The first-order chi connectivity index (χ1) is 11.4. The number of hydrogen-bond donors (Lipinski definition) is 1. The van der Waals surface area contributed by atoms with E-state index in [0.29, 0.717) is 16.5 Å². The van der Waals surface area contributed by atoms with Crippen LogP contribution in [0.1, 0.15) is 13.8 Å². The predicted octanol–water partition coefficient (Wildman–Crippen LogP) is 2.30. The molecular weight excluding hydrogens is 342 g/mol. The van der Waals surface area contributed by atoms with Gasteiger partial charge in [-0.2, -0.15) is 8.78 Å². The summed E-state index contributed by atoms with van der Waals surface area (Å²) in [7, 11) is 0. The van der Waals surface area contributed by atoms with Crippen molar-refractivity contribution < 1.29 is 23.0 Å². The average Bonchev–Trinajstić information content (AvgIpc) is 2.86. The van der Waals surface area contributed by atoms with Crippen LogP contribution in [-0.2, 0) is 9.53 Å². The summed E-state index contributed by atoms with van der Waals surface area (Å²) in [5, 5.41) is 8.18. The van der Waals surface area contributed by atoms with E-state index in [9.17, 15) is 13.6 Å². The van der Waals surface area contributed by atoms with Crippen LogP contribution in [0.2, 0.25) is 0 Å². The van der Waals surface area contributed by atoms with Gasteiger partial charge in [-0.15, -0.1) is 10.2 Å². The summed E-state index contributed by atoms with van der Waals surface area (Å²) in [4.78, 5) is 11.5. The molecular formula is C14H16F2N4O3S. The first kappa shape index (κ1) is 18.0. The lowest BCUT2D eigenvalue weighted by atomic mass is 10.2. The molecule has 2 N–H and O–H groups in total. The van der Waals surface area contributed by atoms with Crippen molar-refractivity contribution in [3.63, 3.8) is 0 Å². The van der Waals surface area contributed by atoms with Crippen molar-refractivity contribution in [1.29, 1.82) is 0 Å². The summed E-state index contributed by atoms with van der Waals surface area (Å²) in [6.45, 7) is 0.628. The van der Waals surface area contributed by atoms with Gasteiger partial charge >= 0.3 is 12.6 Å². The van der Waals surface area contributed by atoms with E-state index in [1.54, 1.807) is 13.8 Å². The van der Waals surface area contributed by atoms with Crippen LogP contribution in [0.25, 0.3) is 11.4 Å². The van der Waals surface area contributed by atoms with E-state index in [1.165, 1.54) is 28.9 Å². The van der Waals surface area contributed by atoms with Gasteiger partial charge < -0.3 is 15.3 Å². The maximum atomic E-state index is 12.1. The van der Waals surface area contributed by atoms with Gasteiger partial charge in [-0.25, -0.2) is 4.68 Å². The second kappa shape index (κ2) is 7.95. The standard InChI is InChI=1S/C14H16F2N4O3S/c1-8(2)22-11(21)7-24-14-19-18-12(20(14)17)9-3-5-10(6-4-9)23-13(15)16/h3-6,8,13H,7,17H2,1-2H3. The minimum atomic E-state index is -2.89. The Bertz CT molecular complexity index is 692. The van der Waals surface area contributed by atoms with E-state index >= 15 is 0 Å². The molecule has 0 fully saturated rings. The number of aromatic nitrogens is 3. The Morgan fingerprint density at radius 2 is 1.96 bits per heavy atom. The number of benzene rings is 1. The number of nitrogen functional groups attached to an aromatic ring is 1. The van der Waals surface area contributed by atoms with Gasteiger partial charge in [-0.1, -0.05) is 11.8 Å². The van der Waals surface area contributed by atoms with Gasteiger partial charge in [0.25, 0.3) is 0 Å². The fourth-order valence-electron chi connectivity index (χ4n) is 1.78. The molecule has 10 heteroatoms. The van der Waals surface area contributed by atoms with Crippen molar-refractivity contribution in [1.82, 2.24) is 14.9 Å². The molecule has 0 spiro atoms. The van der Waals surface area contributed by atoms with Crippen LogP contribution < -0.4 is 10.6 Å². The number of nitrogens with zero attached hydrogens (tertiary/aromatic N) is 3. The molecule has 0 saturated carbocycles. The molecule has 0 amide bonds. The first-order valence-electron chi connectivity index (χ1n) is 6.95. The molecule has 24 heavy (non-hydrogen) atoms. The summed E-state index contributed by atoms with van der Waals surface area (Å²) in [6, 6.07) is 5.82. The van der Waals surface area contributed by atoms with Crippen LogP contribution in [0.5, 0.6) is 5.75 Å². The number of hydrogen-bond acceptors (Lipinski definition) is 7. The van der Waals surface area contributed by atoms with Crippen LogP contribution >= 0.6 is 11.8 Å². The lowest BCUT2D eigenvalue weighted by Gasteiger charge is -2.07. The lowest BCUT2D eigenvalue weighted by Crippen LogP contribution is -2.15. The molecule has 0 atom stereocenters. The fraction of sp³-hybridized carbons (Fsp3) is 0.357. The largest absolute Gasteiger partial charge is 0.462 e. The Hall–Kier alpha value is -2.36. The predicted molar refractivity (Wildman–Crippen MR) is 84.2 cm³/mol. The third-order valence-electron chi connectivity index (χ3n) is 2.69. The third kappa shape index (κ3) is 4.82. The van der Waals surface area contributed by atoms with Gasteiger partial charge in [0, 0.05) is 5.56 Å². The minimum Gasteiger partial charge on any atom is -0.462 e. The highest BCUT2D eigenvalue weighted by Gasteiger charge is 2.15. The van der Waals surface area contributed by atoms with Crippen molar-refractivity contribution in [3.8, 4) is 17.1 Å². The number of halogens is 2. The Morgan fingerprint density at radius 3 is 2.54 bits per heavy atom. The highest BCUT2D eigenvalue weighted by atomic mass is 32.2. The molecule has 1 aromatic carbocycles. The molecule has 0 aliphatic rings. The van der Waals surface area contributed by atoms with E-state index in [0.717, 1.165) is 11.8 Å². The SMILES string of the molecule is CC(C)OC(=O)CSc1nnc(-c2ccc(OC(F)F)cc2)n1N. The molecule has 0 bridgehead atoms. The molecule has 1 heterocycles. The van der Waals surface area contributed by atoms with Crippen LogP contribution in [0.3, 0.4) is 0 Å². The first-order valence-corrected chi connectivity index (χ1v) is 7.93. The Balaban J connectivity index is 2.05. The fourth-order valence-corrected chi connectivity index (χ4v) is 2.42. The number of rotatable bonds is 7. The van der Waals surface area contributed by atoms with Crippen molar-refractivity contribution in [2.75, 3.05) is 11.6 Å². The van der Waals surface area contributed by atoms with E-state index in [-0.39, 0.29) is 23.6 Å². The lowest BCUT2D eigenvalue weighted by molar-refractivity contribution is -0.144. The van der Waals surface area contributed by atoms with E-state index < -0.39 is 6.61 Å². The van der Waals surface area contributed by atoms with Crippen molar-refractivity contribution in [2.24, 2.45) is 0 Å². The molecule has 0 aliphatic carbocycles. The zero-order valence-electron chi connectivity index (χ0n) is 13.0. The Labute approximate surface area is 141 Å². The quantitative estimate of drug-likeness (QED) is 0.461. The van der Waals surface area contributed by atoms with E-state index in [2.05, 4.69) is 14.9 Å². The number of nitrogens with two attached hydrogens (primary N) is 1. The topological polar surface area (TPSA) is 92.3 Å². The Kier molecular flexibility index (Phi) is 5.96. The molecule has 130 valence electrons. The minimum absolute atomic E-state index is 0.0304. The van der Waals surface area contributed by atoms with Crippen molar-refractivity contribution in [3.05, 3.63) is 24.3 Å². The van der Waals surface area contributed by atoms with Gasteiger partial charge in [-0.05, 0) is 38.1 Å². The number of ether oxygens (including phenoxy) is 2. The molecule has 0 saturated heterocycles. The van der Waals surface area contributed by atoms with Crippen LogP contribution in [0.4, 0.5) is 8.78 Å². The van der Waals surface area contributed by atoms with Crippen LogP contribution in [0.15, 0.2) is 29.4 Å². The van der Waals surface area contributed by atoms with Gasteiger partial charge in [-0.3, -0.25) is 4.79 Å². The monoisotopic (exact) mass is 358 g/mol. The molecule has 2 rings (SSSR count). The van der Waals surface area contributed by atoms with Crippen molar-refractivity contribution >= 4 is 17.7 Å². The van der Waals surface area contributed by atoms with Crippen LogP contribution in [-0.4, -0.2) is 39.3 Å². The van der Waals surface area contributed by atoms with Gasteiger partial charge in [0.15, 0.2) is 5.82 Å². The Morgan fingerprint density at radius 1 is 1.29 bits per heavy atom. The van der Waals surface area contributed by atoms with Gasteiger partial charge in [0.2, 0.25) is 5.16 Å². The number of esters is 1. The van der Waals surface area contributed by atoms with Crippen LogP contribution in [0, 0.1) is 0 Å². The zero-order valence-corrected chi connectivity index (χ0v) is 13.8. The zero-order chi connectivity index (χ0) is 17.7. The maximum absolute atomic E-state index is 12.1. The number of carbonyl (C=O) groups is 1. The molecule has 0 aliphatic heterocycles. The molecule has 2 aromatic rings.